The number of aliphatic hydroxyl groups is 1. The molecule has 2 aromatic rings. The fourth-order valence-electron chi connectivity index (χ4n) is 4.58. The van der Waals surface area contributed by atoms with Crippen molar-refractivity contribution in [3.63, 3.8) is 0 Å². The zero-order valence-corrected chi connectivity index (χ0v) is 15.8. The van der Waals surface area contributed by atoms with E-state index in [-0.39, 0.29) is 5.41 Å². The van der Waals surface area contributed by atoms with Crippen LogP contribution < -0.4 is 4.74 Å². The summed E-state index contributed by atoms with van der Waals surface area (Å²) in [6.45, 7) is 1.91. The van der Waals surface area contributed by atoms with Gasteiger partial charge in [0.15, 0.2) is 0 Å². The third kappa shape index (κ3) is 3.13. The van der Waals surface area contributed by atoms with Gasteiger partial charge >= 0.3 is 0 Å². The molecule has 0 atom stereocenters. The van der Waals surface area contributed by atoms with Crippen LogP contribution >= 0.6 is 0 Å². The summed E-state index contributed by atoms with van der Waals surface area (Å²) in [5.41, 5.74) is 4.69. The summed E-state index contributed by atoms with van der Waals surface area (Å²) < 4.78 is 5.35. The van der Waals surface area contributed by atoms with Crippen LogP contribution in [0.5, 0.6) is 5.75 Å². The minimum absolute atomic E-state index is 0.118. The van der Waals surface area contributed by atoms with E-state index in [2.05, 4.69) is 29.3 Å². The topological polar surface area (TPSA) is 65.6 Å². The highest BCUT2D eigenvalue weighted by Crippen LogP contribution is 2.50. The van der Waals surface area contributed by atoms with Crippen molar-refractivity contribution >= 4 is 5.71 Å². The van der Waals surface area contributed by atoms with E-state index in [4.69, 9.17) is 4.74 Å². The second kappa shape index (κ2) is 6.51. The summed E-state index contributed by atoms with van der Waals surface area (Å²) >= 11 is 0. The van der Waals surface area contributed by atoms with Crippen LogP contribution in [0.3, 0.4) is 0 Å². The molecule has 4 nitrogen and oxygen atoms in total. The molecule has 1 spiro atoms. The summed E-state index contributed by atoms with van der Waals surface area (Å²) in [6.07, 6.45) is 6.14. The first-order chi connectivity index (χ1) is 13.0. The van der Waals surface area contributed by atoms with Crippen LogP contribution in [-0.2, 0) is 6.42 Å². The highest BCUT2D eigenvalue weighted by Gasteiger charge is 2.47. The number of hydrogen-bond donors (Lipinski definition) is 1. The molecular weight excluding hydrogens is 336 g/mol. The van der Waals surface area contributed by atoms with Crippen molar-refractivity contribution in [2.75, 3.05) is 7.11 Å². The van der Waals surface area contributed by atoms with Crippen LogP contribution in [0.1, 0.15) is 43.7 Å². The Kier molecular flexibility index (Phi) is 4.28. The molecule has 1 N–H and O–H groups in total. The fourth-order valence-corrected chi connectivity index (χ4v) is 4.58. The van der Waals surface area contributed by atoms with Gasteiger partial charge in [-0.25, -0.2) is 0 Å². The van der Waals surface area contributed by atoms with Gasteiger partial charge in [0.05, 0.1) is 18.4 Å². The van der Waals surface area contributed by atoms with Gasteiger partial charge in [0, 0.05) is 11.0 Å². The van der Waals surface area contributed by atoms with Crippen molar-refractivity contribution in [2.24, 2.45) is 10.4 Å². The molecule has 0 radical (unpaired) electrons. The van der Waals surface area contributed by atoms with E-state index >= 15 is 0 Å². The molecule has 0 unspecified atom stereocenters. The van der Waals surface area contributed by atoms with E-state index in [0.717, 1.165) is 60.3 Å². The number of rotatable bonds is 2. The Labute approximate surface area is 160 Å². The van der Waals surface area contributed by atoms with Crippen molar-refractivity contribution in [3.05, 3.63) is 53.6 Å². The molecule has 4 rings (SSSR count). The minimum atomic E-state index is -0.608. The van der Waals surface area contributed by atoms with Crippen molar-refractivity contribution < 1.29 is 9.84 Å². The molecule has 0 aromatic heterocycles. The average Bonchev–Trinajstić information content (AvgIpc) is 2.98. The van der Waals surface area contributed by atoms with Gasteiger partial charge in [-0.1, -0.05) is 24.3 Å². The van der Waals surface area contributed by atoms with E-state index in [1.54, 1.807) is 7.11 Å². The maximum Gasteiger partial charge on any atom is 0.205 e. The van der Waals surface area contributed by atoms with Gasteiger partial charge in [0.2, 0.25) is 6.19 Å². The number of hydrogen-bond acceptors (Lipinski definition) is 4. The van der Waals surface area contributed by atoms with Gasteiger partial charge in [-0.05, 0) is 73.9 Å². The minimum Gasteiger partial charge on any atom is -0.497 e. The Morgan fingerprint density at radius 1 is 1.07 bits per heavy atom. The van der Waals surface area contributed by atoms with Crippen LogP contribution in [0.4, 0.5) is 0 Å². The molecule has 27 heavy (non-hydrogen) atoms. The third-order valence-corrected chi connectivity index (χ3v) is 6.25. The molecule has 138 valence electrons. The predicted octanol–water partition coefficient (Wildman–Crippen LogP) is 4.50. The molecule has 0 amide bonds. The standard InChI is InChI=1S/C23H24N2O2/c1-22(26)8-10-23(11-9-22)14-18-7-6-17(13-20(18)21(23)25-15-24)16-4-3-5-19(12-16)27-2/h3-7,12-13,26H,8-11,14H2,1-2H3/b25-21+. The summed E-state index contributed by atoms with van der Waals surface area (Å²) in [4.78, 5) is 4.27. The first kappa shape index (κ1) is 17.8. The molecule has 0 saturated heterocycles. The molecule has 0 aliphatic heterocycles. The molecule has 4 heteroatoms. The molecular formula is C23H24N2O2. The molecule has 2 aliphatic carbocycles. The van der Waals surface area contributed by atoms with Gasteiger partial charge in [0.25, 0.3) is 0 Å². The van der Waals surface area contributed by atoms with Gasteiger partial charge in [-0.15, -0.1) is 0 Å². The average molecular weight is 360 g/mol. The maximum absolute atomic E-state index is 10.4. The SMILES string of the molecule is COc1cccc(-c2ccc3c(c2)/C(=N\C#N)C2(CCC(C)(O)CC2)C3)c1. The lowest BCUT2D eigenvalue weighted by Crippen LogP contribution is -2.40. The second-order valence-corrected chi connectivity index (χ2v) is 8.12. The third-order valence-electron chi connectivity index (χ3n) is 6.25. The fraction of sp³-hybridized carbons (Fsp3) is 0.391. The first-order valence-corrected chi connectivity index (χ1v) is 9.44. The Bertz CT molecular complexity index is 943. The highest BCUT2D eigenvalue weighted by molar-refractivity contribution is 6.10. The Hall–Kier alpha value is -2.64. The van der Waals surface area contributed by atoms with Crippen LogP contribution in [0.25, 0.3) is 11.1 Å². The normalized spacial score (nSPS) is 28.1. The number of nitriles is 1. The zero-order valence-electron chi connectivity index (χ0n) is 15.8. The number of ether oxygens (including phenoxy) is 1. The van der Waals surface area contributed by atoms with E-state index in [0.29, 0.717) is 0 Å². The van der Waals surface area contributed by atoms with E-state index in [1.807, 2.05) is 31.3 Å². The van der Waals surface area contributed by atoms with E-state index in [9.17, 15) is 10.4 Å². The summed E-state index contributed by atoms with van der Waals surface area (Å²) in [7, 11) is 1.67. The molecule has 2 aliphatic rings. The quantitative estimate of drug-likeness (QED) is 0.802. The van der Waals surface area contributed by atoms with Gasteiger partial charge in [0.1, 0.15) is 5.75 Å². The Morgan fingerprint density at radius 3 is 2.52 bits per heavy atom. The van der Waals surface area contributed by atoms with Crippen LogP contribution in [0.2, 0.25) is 0 Å². The lowest BCUT2D eigenvalue weighted by Gasteiger charge is -2.40. The van der Waals surface area contributed by atoms with Crippen molar-refractivity contribution in [2.45, 2.75) is 44.6 Å². The van der Waals surface area contributed by atoms with Crippen LogP contribution in [-0.4, -0.2) is 23.5 Å². The van der Waals surface area contributed by atoms with E-state index in [1.165, 1.54) is 5.56 Å². The number of benzene rings is 2. The Morgan fingerprint density at radius 2 is 1.81 bits per heavy atom. The summed E-state index contributed by atoms with van der Waals surface area (Å²) in [5.74, 6) is 0.824. The van der Waals surface area contributed by atoms with Crippen LogP contribution in [0.15, 0.2) is 47.5 Å². The monoisotopic (exact) mass is 360 g/mol. The van der Waals surface area contributed by atoms with Gasteiger partial charge < -0.3 is 9.84 Å². The number of aliphatic imine (C=N–C) groups is 1. The second-order valence-electron chi connectivity index (χ2n) is 8.12. The molecule has 1 saturated carbocycles. The first-order valence-electron chi connectivity index (χ1n) is 9.44. The molecule has 1 fully saturated rings. The Balaban J connectivity index is 1.75. The smallest absolute Gasteiger partial charge is 0.205 e. The van der Waals surface area contributed by atoms with Crippen LogP contribution in [0, 0.1) is 16.9 Å². The lowest BCUT2D eigenvalue weighted by atomic mass is 9.66. The largest absolute Gasteiger partial charge is 0.497 e. The van der Waals surface area contributed by atoms with Crippen molar-refractivity contribution in [3.8, 4) is 23.1 Å². The summed E-state index contributed by atoms with van der Waals surface area (Å²) in [5, 5.41) is 19.7. The molecule has 0 bridgehead atoms. The van der Waals surface area contributed by atoms with Gasteiger partial charge in [-0.3, -0.25) is 0 Å². The van der Waals surface area contributed by atoms with Crippen molar-refractivity contribution in [1.82, 2.24) is 0 Å². The predicted molar refractivity (Wildman–Crippen MR) is 106 cm³/mol. The highest BCUT2D eigenvalue weighted by atomic mass is 16.5. The van der Waals surface area contributed by atoms with E-state index < -0.39 is 5.60 Å². The van der Waals surface area contributed by atoms with Crippen molar-refractivity contribution in [1.29, 1.82) is 5.26 Å². The number of methoxy groups -OCH3 is 1. The maximum atomic E-state index is 10.4. The number of fused-ring (bicyclic) bond motifs is 1. The number of nitrogens with zero attached hydrogens (tertiary/aromatic N) is 2. The molecule has 0 heterocycles. The molecule has 2 aromatic carbocycles. The lowest BCUT2D eigenvalue weighted by molar-refractivity contribution is -0.00155. The zero-order chi connectivity index (χ0) is 19.1. The van der Waals surface area contributed by atoms with Gasteiger partial charge in [-0.2, -0.15) is 10.3 Å². The summed E-state index contributed by atoms with van der Waals surface area (Å²) in [6, 6.07) is 14.5.